The molecular formula is C19H20N4O3. The van der Waals surface area contributed by atoms with Crippen LogP contribution in [0, 0.1) is 0 Å². The number of aromatic nitrogens is 3. The highest BCUT2D eigenvalue weighted by Crippen LogP contribution is 2.31. The van der Waals surface area contributed by atoms with E-state index in [0.717, 1.165) is 30.1 Å². The van der Waals surface area contributed by atoms with Gasteiger partial charge in [-0.05, 0) is 49.2 Å². The summed E-state index contributed by atoms with van der Waals surface area (Å²) >= 11 is 0. The van der Waals surface area contributed by atoms with Crippen molar-refractivity contribution >= 4 is 11.6 Å². The summed E-state index contributed by atoms with van der Waals surface area (Å²) in [5, 5.41) is 8.51. The Bertz CT molecular complexity index is 907. The Balaban J connectivity index is 1.46. The Morgan fingerprint density at radius 3 is 2.77 bits per heavy atom. The maximum Gasteiger partial charge on any atom is 0.261 e. The predicted octanol–water partition coefficient (Wildman–Crippen LogP) is 2.48. The summed E-state index contributed by atoms with van der Waals surface area (Å²) in [6.07, 6.45) is 3.75. The third-order valence-electron chi connectivity index (χ3n) is 4.63. The SMILES string of the molecule is COc1ccc(OCC(=O)N2CCC[C@H]2c2nnc3ccccn23)cc1. The highest BCUT2D eigenvalue weighted by molar-refractivity contribution is 5.78. The van der Waals surface area contributed by atoms with Gasteiger partial charge in [-0.15, -0.1) is 10.2 Å². The molecule has 26 heavy (non-hydrogen) atoms. The van der Waals surface area contributed by atoms with Gasteiger partial charge in [0.15, 0.2) is 18.1 Å². The van der Waals surface area contributed by atoms with Crippen LogP contribution in [0.15, 0.2) is 48.7 Å². The third-order valence-corrected chi connectivity index (χ3v) is 4.63. The van der Waals surface area contributed by atoms with E-state index in [-0.39, 0.29) is 18.6 Å². The van der Waals surface area contributed by atoms with Crippen molar-refractivity contribution < 1.29 is 14.3 Å². The average molecular weight is 352 g/mol. The van der Waals surface area contributed by atoms with Gasteiger partial charge < -0.3 is 14.4 Å². The summed E-state index contributed by atoms with van der Waals surface area (Å²) < 4.78 is 12.7. The first-order valence-electron chi connectivity index (χ1n) is 8.62. The second kappa shape index (κ2) is 7.03. The first-order valence-corrected chi connectivity index (χ1v) is 8.62. The van der Waals surface area contributed by atoms with Gasteiger partial charge in [-0.2, -0.15) is 0 Å². The molecule has 0 spiro atoms. The van der Waals surface area contributed by atoms with Gasteiger partial charge in [0.25, 0.3) is 5.91 Å². The largest absolute Gasteiger partial charge is 0.497 e. The van der Waals surface area contributed by atoms with E-state index in [9.17, 15) is 4.79 Å². The molecule has 3 aromatic rings. The number of amides is 1. The summed E-state index contributed by atoms with van der Waals surface area (Å²) in [6, 6.07) is 12.9. The number of fused-ring (bicyclic) bond motifs is 1. The molecule has 7 nitrogen and oxygen atoms in total. The summed E-state index contributed by atoms with van der Waals surface area (Å²) in [7, 11) is 1.61. The molecule has 1 fully saturated rings. The molecule has 1 aliphatic rings. The van der Waals surface area contributed by atoms with Gasteiger partial charge in [0.05, 0.1) is 13.2 Å². The van der Waals surface area contributed by atoms with Crippen molar-refractivity contribution in [2.45, 2.75) is 18.9 Å². The van der Waals surface area contributed by atoms with Crippen molar-refractivity contribution in [2.24, 2.45) is 0 Å². The monoisotopic (exact) mass is 352 g/mol. The van der Waals surface area contributed by atoms with Crippen LogP contribution < -0.4 is 9.47 Å². The Kier molecular flexibility index (Phi) is 4.43. The molecule has 1 amide bonds. The number of pyridine rings is 1. The molecule has 1 aliphatic heterocycles. The van der Waals surface area contributed by atoms with Gasteiger partial charge in [-0.1, -0.05) is 6.07 Å². The number of hydrogen-bond acceptors (Lipinski definition) is 5. The molecule has 7 heteroatoms. The molecule has 2 aromatic heterocycles. The number of methoxy groups -OCH3 is 1. The zero-order valence-corrected chi connectivity index (χ0v) is 14.5. The van der Waals surface area contributed by atoms with Gasteiger partial charge in [0.2, 0.25) is 0 Å². The van der Waals surface area contributed by atoms with Crippen LogP contribution in [-0.2, 0) is 4.79 Å². The fourth-order valence-corrected chi connectivity index (χ4v) is 3.32. The molecule has 0 N–H and O–H groups in total. The van der Waals surface area contributed by atoms with Gasteiger partial charge in [-0.3, -0.25) is 9.20 Å². The first-order chi connectivity index (χ1) is 12.8. The number of hydrogen-bond donors (Lipinski definition) is 0. The van der Waals surface area contributed by atoms with Crippen LogP contribution in [-0.4, -0.2) is 45.7 Å². The van der Waals surface area contributed by atoms with E-state index < -0.39 is 0 Å². The van der Waals surface area contributed by atoms with Crippen molar-refractivity contribution in [3.63, 3.8) is 0 Å². The van der Waals surface area contributed by atoms with Crippen LogP contribution in [0.5, 0.6) is 11.5 Å². The lowest BCUT2D eigenvalue weighted by Crippen LogP contribution is -2.35. The molecule has 3 heterocycles. The third kappa shape index (κ3) is 3.08. The van der Waals surface area contributed by atoms with Gasteiger partial charge in [-0.25, -0.2) is 0 Å². The average Bonchev–Trinajstić information content (AvgIpc) is 3.33. The van der Waals surface area contributed by atoms with Crippen LogP contribution in [0.25, 0.3) is 5.65 Å². The molecule has 0 saturated carbocycles. The summed E-state index contributed by atoms with van der Waals surface area (Å²) in [4.78, 5) is 14.5. The zero-order chi connectivity index (χ0) is 17.9. The van der Waals surface area contributed by atoms with E-state index in [0.29, 0.717) is 12.3 Å². The normalized spacial score (nSPS) is 16.8. The number of benzene rings is 1. The summed E-state index contributed by atoms with van der Waals surface area (Å²) in [5.41, 5.74) is 0.788. The lowest BCUT2D eigenvalue weighted by Gasteiger charge is -2.23. The minimum Gasteiger partial charge on any atom is -0.497 e. The van der Waals surface area contributed by atoms with Gasteiger partial charge in [0, 0.05) is 12.7 Å². The van der Waals surface area contributed by atoms with E-state index in [1.807, 2.05) is 33.7 Å². The van der Waals surface area contributed by atoms with Crippen LogP contribution in [0.2, 0.25) is 0 Å². The van der Waals surface area contributed by atoms with Gasteiger partial charge >= 0.3 is 0 Å². The van der Waals surface area contributed by atoms with Crippen LogP contribution in [0.3, 0.4) is 0 Å². The molecule has 0 radical (unpaired) electrons. The van der Waals surface area contributed by atoms with Crippen LogP contribution in [0.4, 0.5) is 0 Å². The minimum absolute atomic E-state index is 0.000431. The Morgan fingerprint density at radius 1 is 1.15 bits per heavy atom. The minimum atomic E-state index is -0.0700. The van der Waals surface area contributed by atoms with E-state index in [1.54, 1.807) is 31.4 Å². The molecule has 0 bridgehead atoms. The van der Waals surface area contributed by atoms with Crippen molar-refractivity contribution in [3.05, 3.63) is 54.5 Å². The number of rotatable bonds is 5. The number of carbonyl (C=O) groups excluding carboxylic acids is 1. The number of ether oxygens (including phenoxy) is 2. The van der Waals surface area contributed by atoms with E-state index >= 15 is 0 Å². The molecule has 0 aliphatic carbocycles. The van der Waals surface area contributed by atoms with E-state index in [2.05, 4.69) is 10.2 Å². The summed E-state index contributed by atoms with van der Waals surface area (Å²) in [6.45, 7) is 0.705. The second-order valence-corrected chi connectivity index (χ2v) is 6.20. The molecule has 0 unspecified atom stereocenters. The van der Waals surface area contributed by atoms with Crippen molar-refractivity contribution in [1.82, 2.24) is 19.5 Å². The second-order valence-electron chi connectivity index (χ2n) is 6.20. The first kappa shape index (κ1) is 16.4. The Hall–Kier alpha value is -3.09. The maximum atomic E-state index is 12.7. The maximum absolute atomic E-state index is 12.7. The number of carbonyl (C=O) groups is 1. The smallest absolute Gasteiger partial charge is 0.261 e. The molecule has 1 saturated heterocycles. The van der Waals surface area contributed by atoms with Crippen molar-refractivity contribution in [1.29, 1.82) is 0 Å². The molecule has 4 rings (SSSR count). The predicted molar refractivity (Wildman–Crippen MR) is 95.2 cm³/mol. The Labute approximate surface area is 151 Å². The highest BCUT2D eigenvalue weighted by Gasteiger charge is 2.33. The van der Waals surface area contributed by atoms with E-state index in [1.165, 1.54) is 0 Å². The van der Waals surface area contributed by atoms with Gasteiger partial charge in [0.1, 0.15) is 11.5 Å². The van der Waals surface area contributed by atoms with Crippen LogP contribution >= 0.6 is 0 Å². The lowest BCUT2D eigenvalue weighted by atomic mass is 10.2. The Morgan fingerprint density at radius 2 is 1.96 bits per heavy atom. The standard InChI is InChI=1S/C19H20N4O3/c1-25-14-7-9-15(10-8-14)26-13-18(24)22-12-4-5-16(22)19-21-20-17-6-2-3-11-23(17)19/h2-3,6-11,16H,4-5,12-13H2,1H3/t16-/m0/s1. The lowest BCUT2D eigenvalue weighted by molar-refractivity contribution is -0.134. The summed E-state index contributed by atoms with van der Waals surface area (Å²) in [5.74, 6) is 2.15. The van der Waals surface area contributed by atoms with Crippen molar-refractivity contribution in [2.75, 3.05) is 20.3 Å². The zero-order valence-electron chi connectivity index (χ0n) is 14.5. The number of likely N-dealkylation sites (tertiary alicyclic amines) is 1. The molecule has 1 atom stereocenters. The molecule has 1 aromatic carbocycles. The quantitative estimate of drug-likeness (QED) is 0.706. The van der Waals surface area contributed by atoms with Crippen molar-refractivity contribution in [3.8, 4) is 11.5 Å². The fraction of sp³-hybridized carbons (Fsp3) is 0.316. The molecular weight excluding hydrogens is 332 g/mol. The fourth-order valence-electron chi connectivity index (χ4n) is 3.32. The topological polar surface area (TPSA) is 69.0 Å². The van der Waals surface area contributed by atoms with Crippen LogP contribution in [0.1, 0.15) is 24.7 Å². The molecule has 134 valence electrons. The highest BCUT2D eigenvalue weighted by atomic mass is 16.5. The van der Waals surface area contributed by atoms with E-state index in [4.69, 9.17) is 9.47 Å². The number of nitrogens with zero attached hydrogens (tertiary/aromatic N) is 4.